The van der Waals surface area contributed by atoms with Gasteiger partial charge in [0.1, 0.15) is 5.82 Å². The Morgan fingerprint density at radius 2 is 1.89 bits per heavy atom. The number of piperidine rings is 1. The molecule has 1 amide bonds. The molecule has 2 heterocycles. The number of fused-ring (bicyclic) bond motifs is 1. The van der Waals surface area contributed by atoms with Crippen molar-refractivity contribution in [2.75, 3.05) is 19.6 Å². The van der Waals surface area contributed by atoms with E-state index in [1.807, 2.05) is 6.07 Å². The molecule has 0 bridgehead atoms. The number of carbonyl (C=O) groups is 1. The molecule has 2 aromatic carbocycles. The molecule has 2 fully saturated rings. The second-order valence-corrected chi connectivity index (χ2v) is 9.43. The zero-order valence-corrected chi connectivity index (χ0v) is 16.5. The number of carbonyl (C=O) groups excluding carboxylic acids is 1. The van der Waals surface area contributed by atoms with Crippen LogP contribution in [0.2, 0.25) is 0 Å². The number of sulfonamides is 1. The van der Waals surface area contributed by atoms with E-state index in [9.17, 15) is 17.6 Å². The van der Waals surface area contributed by atoms with Crippen molar-refractivity contribution in [1.29, 1.82) is 0 Å². The van der Waals surface area contributed by atoms with E-state index >= 15 is 0 Å². The molecular formula is C21H23FN2O3S. The van der Waals surface area contributed by atoms with Gasteiger partial charge in [0.2, 0.25) is 10.0 Å². The standard InChI is InChI=1S/C21H23FN2O3S/c1-15-6-2-3-10-20(15)28(26,27)24-11-5-8-17-13-23(14-19(17)24)21(25)16-7-4-9-18(22)12-16/h2-4,6-7,9-10,12,17,19H,5,8,11,13-14H2,1H3/t17-,19+/m1/s1. The summed E-state index contributed by atoms with van der Waals surface area (Å²) in [5, 5.41) is 0. The van der Waals surface area contributed by atoms with E-state index in [1.165, 1.54) is 18.2 Å². The number of amides is 1. The molecule has 2 aliphatic rings. The zero-order chi connectivity index (χ0) is 19.9. The third kappa shape index (κ3) is 3.33. The Hall–Kier alpha value is -2.25. The maximum atomic E-state index is 13.5. The van der Waals surface area contributed by atoms with Crippen molar-refractivity contribution < 1.29 is 17.6 Å². The number of halogens is 1. The van der Waals surface area contributed by atoms with Crippen molar-refractivity contribution in [3.8, 4) is 0 Å². The summed E-state index contributed by atoms with van der Waals surface area (Å²) in [5.41, 5.74) is 1.02. The molecule has 2 aromatic rings. The van der Waals surface area contributed by atoms with Crippen molar-refractivity contribution >= 4 is 15.9 Å². The Morgan fingerprint density at radius 3 is 2.64 bits per heavy atom. The number of hydrogen-bond acceptors (Lipinski definition) is 3. The van der Waals surface area contributed by atoms with E-state index in [0.717, 1.165) is 18.4 Å². The minimum Gasteiger partial charge on any atom is -0.337 e. The van der Waals surface area contributed by atoms with Crippen LogP contribution in [0.4, 0.5) is 4.39 Å². The molecule has 148 valence electrons. The van der Waals surface area contributed by atoms with Crippen LogP contribution < -0.4 is 0 Å². The summed E-state index contributed by atoms with van der Waals surface area (Å²) >= 11 is 0. The van der Waals surface area contributed by atoms with Crippen molar-refractivity contribution in [1.82, 2.24) is 9.21 Å². The minimum atomic E-state index is -3.63. The molecule has 4 rings (SSSR count). The largest absolute Gasteiger partial charge is 0.337 e. The second-order valence-electron chi connectivity index (χ2n) is 7.57. The number of benzene rings is 2. The van der Waals surface area contributed by atoms with E-state index in [4.69, 9.17) is 0 Å². The average molecular weight is 402 g/mol. The number of hydrogen-bond donors (Lipinski definition) is 0. The minimum absolute atomic E-state index is 0.102. The monoisotopic (exact) mass is 402 g/mol. The lowest BCUT2D eigenvalue weighted by Crippen LogP contribution is -2.48. The predicted molar refractivity (Wildman–Crippen MR) is 104 cm³/mol. The van der Waals surface area contributed by atoms with E-state index in [1.54, 1.807) is 40.4 Å². The third-order valence-corrected chi connectivity index (χ3v) is 7.85. The van der Waals surface area contributed by atoms with Gasteiger partial charge in [0.25, 0.3) is 5.91 Å². The predicted octanol–water partition coefficient (Wildman–Crippen LogP) is 3.06. The van der Waals surface area contributed by atoms with Crippen LogP contribution in [0, 0.1) is 18.7 Å². The lowest BCUT2D eigenvalue weighted by molar-refractivity contribution is 0.0783. The highest BCUT2D eigenvalue weighted by molar-refractivity contribution is 7.89. The summed E-state index contributed by atoms with van der Waals surface area (Å²) in [6, 6.07) is 12.4. The van der Waals surface area contributed by atoms with Gasteiger partial charge in [-0.2, -0.15) is 4.31 Å². The van der Waals surface area contributed by atoms with Crippen LogP contribution in [0.3, 0.4) is 0 Å². The van der Waals surface area contributed by atoms with Gasteiger partial charge in [-0.3, -0.25) is 4.79 Å². The topological polar surface area (TPSA) is 57.7 Å². The molecule has 0 aromatic heterocycles. The van der Waals surface area contributed by atoms with E-state index in [2.05, 4.69) is 0 Å². The lowest BCUT2D eigenvalue weighted by Gasteiger charge is -2.35. The first kappa shape index (κ1) is 19.1. The molecule has 5 nitrogen and oxygen atoms in total. The molecule has 28 heavy (non-hydrogen) atoms. The van der Waals surface area contributed by atoms with Gasteiger partial charge >= 0.3 is 0 Å². The normalized spacial score (nSPS) is 22.9. The number of rotatable bonds is 3. The first-order chi connectivity index (χ1) is 13.4. The maximum Gasteiger partial charge on any atom is 0.254 e. The average Bonchev–Trinajstić information content (AvgIpc) is 3.11. The number of likely N-dealkylation sites (tertiary alicyclic amines) is 1. The number of aryl methyl sites for hydroxylation is 1. The van der Waals surface area contributed by atoms with Crippen LogP contribution >= 0.6 is 0 Å². The molecule has 0 spiro atoms. The molecular weight excluding hydrogens is 379 g/mol. The lowest BCUT2D eigenvalue weighted by atomic mass is 9.94. The van der Waals surface area contributed by atoms with Crippen LogP contribution in [0.5, 0.6) is 0 Å². The zero-order valence-electron chi connectivity index (χ0n) is 15.7. The molecule has 0 aliphatic carbocycles. The molecule has 2 atom stereocenters. The Bertz CT molecular complexity index is 1010. The van der Waals surface area contributed by atoms with Gasteiger partial charge in [-0.05, 0) is 55.5 Å². The Balaban J connectivity index is 1.60. The Labute approximate surface area is 164 Å². The second kappa shape index (κ2) is 7.29. The molecule has 7 heteroatoms. The van der Waals surface area contributed by atoms with E-state index < -0.39 is 15.8 Å². The summed E-state index contributed by atoms with van der Waals surface area (Å²) in [4.78, 5) is 14.8. The van der Waals surface area contributed by atoms with Crippen molar-refractivity contribution in [2.24, 2.45) is 5.92 Å². The van der Waals surface area contributed by atoms with Crippen LogP contribution in [0.25, 0.3) is 0 Å². The van der Waals surface area contributed by atoms with Crippen LogP contribution in [0.15, 0.2) is 53.4 Å². The molecule has 0 saturated carbocycles. The highest BCUT2D eigenvalue weighted by Gasteiger charge is 2.45. The van der Waals surface area contributed by atoms with Crippen molar-refractivity contribution in [3.63, 3.8) is 0 Å². The summed E-state index contributed by atoms with van der Waals surface area (Å²) in [7, 11) is -3.63. The first-order valence-corrected chi connectivity index (χ1v) is 10.9. The third-order valence-electron chi connectivity index (χ3n) is 5.77. The highest BCUT2D eigenvalue weighted by atomic mass is 32.2. The fourth-order valence-corrected chi connectivity index (χ4v) is 6.32. The van der Waals surface area contributed by atoms with Crippen molar-refractivity contribution in [3.05, 3.63) is 65.5 Å². The number of nitrogens with zero attached hydrogens (tertiary/aromatic N) is 2. The summed E-state index contributed by atoms with van der Waals surface area (Å²) in [6.45, 7) is 3.09. The quantitative estimate of drug-likeness (QED) is 0.793. The van der Waals surface area contributed by atoms with Gasteiger partial charge in [-0.15, -0.1) is 0 Å². The van der Waals surface area contributed by atoms with Gasteiger partial charge in [0.05, 0.1) is 4.90 Å². The van der Waals surface area contributed by atoms with Gasteiger partial charge in [0, 0.05) is 31.2 Å². The molecule has 0 unspecified atom stereocenters. The Morgan fingerprint density at radius 1 is 1.11 bits per heavy atom. The van der Waals surface area contributed by atoms with Gasteiger partial charge in [-0.1, -0.05) is 24.3 Å². The van der Waals surface area contributed by atoms with Gasteiger partial charge in [0.15, 0.2) is 0 Å². The summed E-state index contributed by atoms with van der Waals surface area (Å²) < 4.78 is 41.7. The van der Waals surface area contributed by atoms with Crippen molar-refractivity contribution in [2.45, 2.75) is 30.7 Å². The van der Waals surface area contributed by atoms with E-state index in [0.29, 0.717) is 30.1 Å². The fourth-order valence-electron chi connectivity index (χ4n) is 4.38. The highest BCUT2D eigenvalue weighted by Crippen LogP contribution is 2.35. The molecule has 0 radical (unpaired) electrons. The fraction of sp³-hybridized carbons (Fsp3) is 0.381. The Kier molecular flexibility index (Phi) is 4.97. The summed E-state index contributed by atoms with van der Waals surface area (Å²) in [5.74, 6) is -0.599. The smallest absolute Gasteiger partial charge is 0.254 e. The first-order valence-electron chi connectivity index (χ1n) is 9.50. The van der Waals surface area contributed by atoms with E-state index in [-0.39, 0.29) is 17.9 Å². The van der Waals surface area contributed by atoms with Gasteiger partial charge < -0.3 is 4.90 Å². The molecule has 0 N–H and O–H groups in total. The van der Waals surface area contributed by atoms with Crippen LogP contribution in [-0.2, 0) is 10.0 Å². The SMILES string of the molecule is Cc1ccccc1S(=O)(=O)N1CCC[C@@H]2CN(C(=O)c3cccc(F)c3)C[C@@H]21. The summed E-state index contributed by atoms with van der Waals surface area (Å²) in [6.07, 6.45) is 1.66. The maximum absolute atomic E-state index is 13.5. The molecule has 2 saturated heterocycles. The van der Waals surface area contributed by atoms with Crippen LogP contribution in [0.1, 0.15) is 28.8 Å². The van der Waals surface area contributed by atoms with Crippen LogP contribution in [-0.4, -0.2) is 49.2 Å². The van der Waals surface area contributed by atoms with Gasteiger partial charge in [-0.25, -0.2) is 12.8 Å². The molecule has 2 aliphatic heterocycles.